The summed E-state index contributed by atoms with van der Waals surface area (Å²) in [5.74, 6) is 0. The number of aromatic nitrogens is 3. The van der Waals surface area contributed by atoms with Gasteiger partial charge in [0.05, 0.1) is 10.9 Å². The lowest BCUT2D eigenvalue weighted by atomic mass is 10.0. The van der Waals surface area contributed by atoms with Gasteiger partial charge in [-0.25, -0.2) is 0 Å². The molecule has 0 fully saturated rings. The summed E-state index contributed by atoms with van der Waals surface area (Å²) < 4.78 is 3.83. The van der Waals surface area contributed by atoms with Crippen molar-refractivity contribution in [2.45, 2.75) is 13.8 Å². The Bertz CT molecular complexity index is 1420. The predicted octanol–water partition coefficient (Wildman–Crippen LogP) is 5.14. The molecular formula is C25H21N3O. The van der Waals surface area contributed by atoms with Gasteiger partial charge in [-0.05, 0) is 60.9 Å². The molecule has 0 aliphatic carbocycles. The fraction of sp³-hybridized carbons (Fsp3) is 0.120. The van der Waals surface area contributed by atoms with Crippen molar-refractivity contribution in [2.24, 2.45) is 7.05 Å². The van der Waals surface area contributed by atoms with Gasteiger partial charge in [0.15, 0.2) is 0 Å². The number of fused-ring (bicyclic) bond motifs is 3. The van der Waals surface area contributed by atoms with Crippen LogP contribution in [0.2, 0.25) is 0 Å². The zero-order valence-corrected chi connectivity index (χ0v) is 16.7. The third-order valence-electron chi connectivity index (χ3n) is 5.46. The third kappa shape index (κ3) is 2.85. The highest BCUT2D eigenvalue weighted by Gasteiger charge is 2.13. The second-order valence-electron chi connectivity index (χ2n) is 7.56. The van der Waals surface area contributed by atoms with Crippen LogP contribution in [0.3, 0.4) is 0 Å². The summed E-state index contributed by atoms with van der Waals surface area (Å²) in [6.45, 7) is 4.01. The summed E-state index contributed by atoms with van der Waals surface area (Å²) in [6, 6.07) is 22.5. The number of benzene rings is 2. The van der Waals surface area contributed by atoms with Gasteiger partial charge in [-0.2, -0.15) is 0 Å². The molecule has 0 saturated heterocycles. The van der Waals surface area contributed by atoms with Gasteiger partial charge in [0.2, 0.25) is 0 Å². The maximum atomic E-state index is 13.0. The predicted molar refractivity (Wildman–Crippen MR) is 118 cm³/mol. The van der Waals surface area contributed by atoms with Crippen LogP contribution in [0, 0.1) is 13.8 Å². The van der Waals surface area contributed by atoms with Crippen molar-refractivity contribution < 1.29 is 0 Å². The Morgan fingerprint density at radius 2 is 1.48 bits per heavy atom. The fourth-order valence-corrected chi connectivity index (χ4v) is 4.07. The fourth-order valence-electron chi connectivity index (χ4n) is 4.07. The van der Waals surface area contributed by atoms with E-state index in [-0.39, 0.29) is 5.56 Å². The van der Waals surface area contributed by atoms with Crippen molar-refractivity contribution in [1.82, 2.24) is 14.0 Å². The van der Waals surface area contributed by atoms with Crippen LogP contribution >= 0.6 is 0 Å². The normalized spacial score (nSPS) is 11.4. The average molecular weight is 379 g/mol. The van der Waals surface area contributed by atoms with E-state index in [1.165, 1.54) is 0 Å². The Hall–Kier alpha value is -3.66. The molecule has 2 aromatic carbocycles. The summed E-state index contributed by atoms with van der Waals surface area (Å²) >= 11 is 0. The summed E-state index contributed by atoms with van der Waals surface area (Å²) in [7, 11) is 1.83. The highest BCUT2D eigenvalue weighted by Crippen LogP contribution is 2.28. The van der Waals surface area contributed by atoms with Crippen LogP contribution in [0.15, 0.2) is 77.7 Å². The molecule has 0 unspecified atom stereocenters. The van der Waals surface area contributed by atoms with Gasteiger partial charge in [-0.1, -0.05) is 36.4 Å². The zero-order chi connectivity index (χ0) is 20.1. The van der Waals surface area contributed by atoms with E-state index in [0.717, 1.165) is 44.8 Å². The Morgan fingerprint density at radius 3 is 2.21 bits per heavy atom. The molecule has 0 atom stereocenters. The Balaban J connectivity index is 1.82. The molecule has 0 saturated carbocycles. The van der Waals surface area contributed by atoms with Crippen LogP contribution in [0.4, 0.5) is 0 Å². The summed E-state index contributed by atoms with van der Waals surface area (Å²) in [6.07, 6.45) is 2.11. The van der Waals surface area contributed by atoms with Crippen molar-refractivity contribution in [3.8, 4) is 22.3 Å². The Labute approximate surface area is 168 Å². The number of hydrogen-bond donors (Lipinski definition) is 0. The maximum absolute atomic E-state index is 13.0. The Morgan fingerprint density at radius 1 is 0.759 bits per heavy atom. The Kier molecular flexibility index (Phi) is 3.88. The first kappa shape index (κ1) is 17.4. The van der Waals surface area contributed by atoms with Crippen molar-refractivity contribution in [1.29, 1.82) is 0 Å². The van der Waals surface area contributed by atoms with E-state index in [9.17, 15) is 4.79 Å². The van der Waals surface area contributed by atoms with Crippen LogP contribution in [0.1, 0.15) is 11.4 Å². The number of aryl methyl sites for hydroxylation is 3. The molecule has 29 heavy (non-hydrogen) atoms. The molecule has 0 aliphatic heterocycles. The standard InChI is InChI=1S/C25H21N3O/c1-16-11-20(12-17(2)26-16)19-9-10-22-23(13-19)28-15-21(18-7-5-4-6-8-18)14-24(28)27(3)25(22)29/h4-15H,1-3H3. The molecule has 0 bridgehead atoms. The van der Waals surface area contributed by atoms with E-state index >= 15 is 0 Å². The largest absolute Gasteiger partial charge is 0.302 e. The minimum atomic E-state index is 0.0128. The van der Waals surface area contributed by atoms with Crippen molar-refractivity contribution in [3.63, 3.8) is 0 Å². The van der Waals surface area contributed by atoms with Gasteiger partial charge in [-0.15, -0.1) is 0 Å². The lowest BCUT2D eigenvalue weighted by Crippen LogP contribution is -2.19. The van der Waals surface area contributed by atoms with Crippen LogP contribution in [0.5, 0.6) is 0 Å². The first-order valence-corrected chi connectivity index (χ1v) is 9.67. The van der Waals surface area contributed by atoms with Crippen LogP contribution in [-0.2, 0) is 7.05 Å². The molecule has 5 aromatic rings. The summed E-state index contributed by atoms with van der Waals surface area (Å²) in [4.78, 5) is 17.5. The van der Waals surface area contributed by atoms with Crippen molar-refractivity contribution in [3.05, 3.63) is 94.7 Å². The molecule has 142 valence electrons. The molecule has 0 aliphatic rings. The van der Waals surface area contributed by atoms with Gasteiger partial charge in [0, 0.05) is 30.2 Å². The van der Waals surface area contributed by atoms with Gasteiger partial charge in [-0.3, -0.25) is 14.3 Å². The maximum Gasteiger partial charge on any atom is 0.261 e. The monoisotopic (exact) mass is 379 g/mol. The second kappa shape index (κ2) is 6.45. The van der Waals surface area contributed by atoms with E-state index in [2.05, 4.69) is 52.0 Å². The first-order chi connectivity index (χ1) is 14.0. The molecule has 5 rings (SSSR count). The topological polar surface area (TPSA) is 39.3 Å². The van der Waals surface area contributed by atoms with Crippen LogP contribution in [-0.4, -0.2) is 14.0 Å². The SMILES string of the molecule is Cc1cc(-c2ccc3c(=O)n(C)c4cc(-c5ccccc5)cn4c3c2)cc(C)n1. The number of nitrogens with zero attached hydrogens (tertiary/aromatic N) is 3. The van der Waals surface area contributed by atoms with Gasteiger partial charge in [0.25, 0.3) is 5.56 Å². The highest BCUT2D eigenvalue weighted by molar-refractivity contribution is 5.87. The van der Waals surface area contributed by atoms with E-state index in [4.69, 9.17) is 0 Å². The molecule has 4 heteroatoms. The van der Waals surface area contributed by atoms with Crippen molar-refractivity contribution >= 4 is 16.6 Å². The number of hydrogen-bond acceptors (Lipinski definition) is 2. The minimum absolute atomic E-state index is 0.0128. The lowest BCUT2D eigenvalue weighted by molar-refractivity contribution is 0.882. The molecule has 4 nitrogen and oxygen atoms in total. The molecule has 3 aromatic heterocycles. The smallest absolute Gasteiger partial charge is 0.261 e. The molecule has 0 N–H and O–H groups in total. The van der Waals surface area contributed by atoms with E-state index in [1.807, 2.05) is 51.2 Å². The van der Waals surface area contributed by atoms with Crippen LogP contribution < -0.4 is 5.56 Å². The molecular weight excluding hydrogens is 358 g/mol. The van der Waals surface area contributed by atoms with Gasteiger partial charge >= 0.3 is 0 Å². The second-order valence-corrected chi connectivity index (χ2v) is 7.56. The quantitative estimate of drug-likeness (QED) is 0.426. The molecule has 0 radical (unpaired) electrons. The van der Waals surface area contributed by atoms with Crippen molar-refractivity contribution in [2.75, 3.05) is 0 Å². The van der Waals surface area contributed by atoms with Gasteiger partial charge < -0.3 is 4.40 Å². The van der Waals surface area contributed by atoms with E-state index in [0.29, 0.717) is 5.39 Å². The van der Waals surface area contributed by atoms with E-state index < -0.39 is 0 Å². The van der Waals surface area contributed by atoms with Gasteiger partial charge in [0.1, 0.15) is 5.65 Å². The molecule has 0 spiro atoms. The third-order valence-corrected chi connectivity index (χ3v) is 5.46. The highest BCUT2D eigenvalue weighted by atomic mass is 16.1. The lowest BCUT2D eigenvalue weighted by Gasteiger charge is -2.10. The molecule has 0 amide bonds. The average Bonchev–Trinajstić information content (AvgIpc) is 3.17. The van der Waals surface area contributed by atoms with E-state index in [1.54, 1.807) is 4.57 Å². The minimum Gasteiger partial charge on any atom is -0.302 e. The molecule has 3 heterocycles. The summed E-state index contributed by atoms with van der Waals surface area (Å²) in [5.41, 5.74) is 8.19. The van der Waals surface area contributed by atoms with Crippen LogP contribution in [0.25, 0.3) is 38.8 Å². The zero-order valence-electron chi connectivity index (χ0n) is 16.7. The first-order valence-electron chi connectivity index (χ1n) is 9.67. The summed E-state index contributed by atoms with van der Waals surface area (Å²) in [5, 5.41) is 0.710. The number of pyridine rings is 1. The number of rotatable bonds is 2.